The maximum Gasteiger partial charge on any atom is 0.472 e. The standard InChI is InChI=1S/C58H116NO7P/c1-6-8-10-12-14-16-18-20-22-24-26-28-30-31-33-35-37-39-41-43-45-47-49-51-58(60)66-57(56-65-67(61,62)64-54-52-59(3,4)5)55-63-53-50-48-46-44-42-40-38-36-34-32-29-27-25-23-21-19-17-15-13-11-9-7-2/h24,26,57H,6-23,25,27-56H2,1-5H3/p+1/b26-24-. The normalized spacial score (nSPS) is 13.5. The molecule has 400 valence electrons. The van der Waals surface area contributed by atoms with E-state index >= 15 is 0 Å². The third-order valence-corrected chi connectivity index (χ3v) is 14.3. The van der Waals surface area contributed by atoms with Crippen LogP contribution in [0.5, 0.6) is 0 Å². The first kappa shape index (κ1) is 66.2. The number of carbonyl (C=O) groups is 1. The van der Waals surface area contributed by atoms with E-state index in [2.05, 4.69) is 26.0 Å². The molecule has 0 aromatic heterocycles. The Morgan fingerprint density at radius 2 is 0.776 bits per heavy atom. The van der Waals surface area contributed by atoms with Crippen molar-refractivity contribution in [3.8, 4) is 0 Å². The lowest BCUT2D eigenvalue weighted by molar-refractivity contribution is -0.870. The van der Waals surface area contributed by atoms with E-state index in [1.807, 2.05) is 21.1 Å². The summed E-state index contributed by atoms with van der Waals surface area (Å²) in [5.41, 5.74) is 0. The number of likely N-dealkylation sites (N-methyl/N-ethyl adjacent to an activating group) is 1. The maximum absolute atomic E-state index is 12.8. The van der Waals surface area contributed by atoms with Crippen LogP contribution in [0.2, 0.25) is 0 Å². The Bertz CT molecular complexity index is 1080. The molecular formula is C58H117NO7P+. The van der Waals surface area contributed by atoms with Crippen molar-refractivity contribution in [3.63, 3.8) is 0 Å². The van der Waals surface area contributed by atoms with Gasteiger partial charge in [-0.1, -0.05) is 264 Å². The van der Waals surface area contributed by atoms with E-state index in [1.165, 1.54) is 244 Å². The van der Waals surface area contributed by atoms with Gasteiger partial charge in [-0.3, -0.25) is 13.8 Å². The largest absolute Gasteiger partial charge is 0.472 e. The summed E-state index contributed by atoms with van der Waals surface area (Å²) < 4.78 is 35.3. The van der Waals surface area contributed by atoms with E-state index in [9.17, 15) is 14.3 Å². The Morgan fingerprint density at radius 1 is 0.448 bits per heavy atom. The van der Waals surface area contributed by atoms with Gasteiger partial charge in [0.2, 0.25) is 0 Å². The molecule has 1 N–H and O–H groups in total. The number of ether oxygens (including phenoxy) is 2. The van der Waals surface area contributed by atoms with Crippen LogP contribution in [0.3, 0.4) is 0 Å². The Hall–Kier alpha value is -0.760. The molecule has 2 unspecified atom stereocenters. The molecule has 0 amide bonds. The number of hydrogen-bond acceptors (Lipinski definition) is 6. The second-order valence-electron chi connectivity index (χ2n) is 21.4. The molecule has 0 spiro atoms. The Labute approximate surface area is 418 Å². The van der Waals surface area contributed by atoms with Crippen LogP contribution < -0.4 is 0 Å². The van der Waals surface area contributed by atoms with Gasteiger partial charge in [0.25, 0.3) is 0 Å². The molecule has 0 rings (SSSR count). The van der Waals surface area contributed by atoms with Gasteiger partial charge in [-0.2, -0.15) is 0 Å². The molecule has 2 atom stereocenters. The van der Waals surface area contributed by atoms with E-state index in [1.54, 1.807) is 0 Å². The molecule has 0 aliphatic rings. The fourth-order valence-corrected chi connectivity index (χ4v) is 9.53. The number of allylic oxidation sites excluding steroid dienone is 2. The van der Waals surface area contributed by atoms with E-state index < -0.39 is 13.9 Å². The second-order valence-corrected chi connectivity index (χ2v) is 22.8. The topological polar surface area (TPSA) is 91.3 Å². The summed E-state index contributed by atoms with van der Waals surface area (Å²) in [4.78, 5) is 23.1. The lowest BCUT2D eigenvalue weighted by atomic mass is 10.0. The molecule has 0 heterocycles. The number of quaternary nitrogens is 1. The van der Waals surface area contributed by atoms with Crippen LogP contribution in [0.25, 0.3) is 0 Å². The lowest BCUT2D eigenvalue weighted by Crippen LogP contribution is -2.37. The molecule has 67 heavy (non-hydrogen) atoms. The Kier molecular flexibility index (Phi) is 51.0. The Balaban J connectivity index is 4.02. The molecule has 0 saturated heterocycles. The number of unbranched alkanes of at least 4 members (excludes halogenated alkanes) is 40. The summed E-state index contributed by atoms with van der Waals surface area (Å²) in [6.07, 6.45) is 61.3. The summed E-state index contributed by atoms with van der Waals surface area (Å²) in [6.45, 7) is 5.70. The monoisotopic (exact) mass is 971 g/mol. The number of phosphoric acid groups is 1. The first-order chi connectivity index (χ1) is 32.6. The molecule has 8 nitrogen and oxygen atoms in total. The molecule has 0 saturated carbocycles. The number of hydrogen-bond donors (Lipinski definition) is 1. The molecule has 0 radical (unpaired) electrons. The highest BCUT2D eigenvalue weighted by molar-refractivity contribution is 7.47. The number of carbonyl (C=O) groups excluding carboxylic acids is 1. The predicted octanol–water partition coefficient (Wildman–Crippen LogP) is 18.5. The molecule has 0 aliphatic carbocycles. The van der Waals surface area contributed by atoms with Crippen molar-refractivity contribution in [2.45, 2.75) is 302 Å². The minimum atomic E-state index is -4.28. The summed E-state index contributed by atoms with van der Waals surface area (Å²) in [7, 11) is 1.69. The fourth-order valence-electron chi connectivity index (χ4n) is 8.79. The van der Waals surface area contributed by atoms with Crippen LogP contribution >= 0.6 is 7.82 Å². The number of nitrogens with zero attached hydrogens (tertiary/aromatic N) is 1. The molecule has 0 aromatic carbocycles. The zero-order chi connectivity index (χ0) is 49.0. The van der Waals surface area contributed by atoms with Crippen LogP contribution in [0.1, 0.15) is 296 Å². The molecule has 9 heteroatoms. The van der Waals surface area contributed by atoms with Crippen molar-refractivity contribution >= 4 is 13.8 Å². The zero-order valence-electron chi connectivity index (χ0n) is 45.7. The predicted molar refractivity (Wildman–Crippen MR) is 289 cm³/mol. The lowest BCUT2D eigenvalue weighted by Gasteiger charge is -2.24. The van der Waals surface area contributed by atoms with E-state index in [4.69, 9.17) is 18.5 Å². The fraction of sp³-hybridized carbons (Fsp3) is 0.948. The van der Waals surface area contributed by atoms with Gasteiger partial charge in [0, 0.05) is 13.0 Å². The summed E-state index contributed by atoms with van der Waals surface area (Å²) in [5, 5.41) is 0. The van der Waals surface area contributed by atoms with Gasteiger partial charge in [-0.15, -0.1) is 0 Å². The van der Waals surface area contributed by atoms with Crippen molar-refractivity contribution in [3.05, 3.63) is 12.2 Å². The average Bonchev–Trinajstić information content (AvgIpc) is 3.29. The van der Waals surface area contributed by atoms with E-state index in [-0.39, 0.29) is 25.8 Å². The van der Waals surface area contributed by atoms with E-state index in [0.29, 0.717) is 24.1 Å². The first-order valence-electron chi connectivity index (χ1n) is 29.4. The van der Waals surface area contributed by atoms with Crippen molar-refractivity contribution in [2.75, 3.05) is 54.1 Å². The van der Waals surface area contributed by atoms with Gasteiger partial charge in [0.05, 0.1) is 34.4 Å². The van der Waals surface area contributed by atoms with Crippen molar-refractivity contribution in [1.29, 1.82) is 0 Å². The van der Waals surface area contributed by atoms with Gasteiger partial charge >= 0.3 is 13.8 Å². The highest BCUT2D eigenvalue weighted by atomic mass is 31.2. The first-order valence-corrected chi connectivity index (χ1v) is 30.9. The van der Waals surface area contributed by atoms with Crippen molar-refractivity contribution in [2.24, 2.45) is 0 Å². The summed E-state index contributed by atoms with van der Waals surface area (Å²) >= 11 is 0. The number of esters is 1. The van der Waals surface area contributed by atoms with Gasteiger partial charge in [-0.05, 0) is 38.5 Å². The van der Waals surface area contributed by atoms with Gasteiger partial charge in [0.15, 0.2) is 0 Å². The maximum atomic E-state index is 12.8. The third-order valence-electron chi connectivity index (χ3n) is 13.3. The van der Waals surface area contributed by atoms with Crippen LogP contribution in [0, 0.1) is 0 Å². The van der Waals surface area contributed by atoms with Crippen molar-refractivity contribution in [1.82, 2.24) is 0 Å². The van der Waals surface area contributed by atoms with Gasteiger partial charge < -0.3 is 18.9 Å². The number of phosphoric ester groups is 1. The minimum absolute atomic E-state index is 0.0925. The Morgan fingerprint density at radius 3 is 1.13 bits per heavy atom. The van der Waals surface area contributed by atoms with Gasteiger partial charge in [-0.25, -0.2) is 4.57 Å². The van der Waals surface area contributed by atoms with Crippen LogP contribution in [-0.4, -0.2) is 75.6 Å². The minimum Gasteiger partial charge on any atom is -0.457 e. The third kappa shape index (κ3) is 56.0. The van der Waals surface area contributed by atoms with E-state index in [0.717, 1.165) is 32.1 Å². The molecule has 0 aromatic rings. The second kappa shape index (κ2) is 51.6. The number of rotatable bonds is 56. The molecule has 0 bridgehead atoms. The average molecular weight is 972 g/mol. The highest BCUT2D eigenvalue weighted by Gasteiger charge is 2.26. The van der Waals surface area contributed by atoms with Crippen LogP contribution in [0.4, 0.5) is 0 Å². The van der Waals surface area contributed by atoms with Gasteiger partial charge in [0.1, 0.15) is 19.3 Å². The smallest absolute Gasteiger partial charge is 0.457 e. The summed E-state index contributed by atoms with van der Waals surface area (Å²) in [6, 6.07) is 0. The zero-order valence-corrected chi connectivity index (χ0v) is 46.6. The van der Waals surface area contributed by atoms with Crippen LogP contribution in [-0.2, 0) is 27.9 Å². The van der Waals surface area contributed by atoms with Crippen molar-refractivity contribution < 1.29 is 37.3 Å². The SMILES string of the molecule is CCCCCCCCCC/C=C\CCCCCCCCCCCCCC(=O)OC(COCCCCCCCCCCCCCCCCCCCCCCCC)COP(=O)(O)OCC[N+](C)(C)C. The molecular weight excluding hydrogens is 854 g/mol. The molecule has 0 fully saturated rings. The quantitative estimate of drug-likeness (QED) is 0.0213. The van der Waals surface area contributed by atoms with Crippen LogP contribution in [0.15, 0.2) is 12.2 Å². The summed E-state index contributed by atoms with van der Waals surface area (Å²) in [5.74, 6) is -0.306. The molecule has 0 aliphatic heterocycles. The highest BCUT2D eigenvalue weighted by Crippen LogP contribution is 2.43.